The fraction of sp³-hybridized carbons (Fsp3) is 0.857. The minimum atomic E-state index is -0.151. The summed E-state index contributed by atoms with van der Waals surface area (Å²) < 4.78 is 0. The van der Waals surface area contributed by atoms with Crippen LogP contribution in [0.4, 0.5) is 0 Å². The number of allylic oxidation sites excluding steroid dienone is 1. The number of unbranched alkanes of at least 4 members (excludes halogenated alkanes) is 1. The molecule has 88 valence electrons. The van der Waals surface area contributed by atoms with Gasteiger partial charge in [-0.1, -0.05) is 39.2 Å². The molecule has 0 spiro atoms. The molecule has 0 bridgehead atoms. The van der Waals surface area contributed by atoms with Gasteiger partial charge in [0.05, 0.1) is 6.10 Å². The van der Waals surface area contributed by atoms with Gasteiger partial charge in [0, 0.05) is 0 Å². The van der Waals surface area contributed by atoms with E-state index in [1.807, 2.05) is 0 Å². The molecule has 0 saturated carbocycles. The van der Waals surface area contributed by atoms with Crippen LogP contribution in [0, 0.1) is 5.92 Å². The quantitative estimate of drug-likeness (QED) is 0.655. The van der Waals surface area contributed by atoms with E-state index in [9.17, 15) is 5.11 Å². The second kappa shape index (κ2) is 7.05. The molecule has 1 aliphatic rings. The maximum Gasteiger partial charge on any atom is 0.0778 e. The maximum atomic E-state index is 10.3. The molecule has 1 N–H and O–H groups in total. The van der Waals surface area contributed by atoms with Gasteiger partial charge in [-0.15, -0.1) is 0 Å². The molecule has 1 heteroatoms. The lowest BCUT2D eigenvalue weighted by molar-refractivity contribution is 0.126. The Kier molecular flexibility index (Phi) is 6.00. The smallest absolute Gasteiger partial charge is 0.0778 e. The Morgan fingerprint density at radius 1 is 1.33 bits per heavy atom. The van der Waals surface area contributed by atoms with Crippen molar-refractivity contribution in [2.75, 3.05) is 0 Å². The highest BCUT2D eigenvalue weighted by atomic mass is 16.3. The summed E-state index contributed by atoms with van der Waals surface area (Å²) >= 11 is 0. The molecule has 1 nitrogen and oxygen atoms in total. The fourth-order valence-electron chi connectivity index (χ4n) is 2.49. The number of rotatable bonds is 6. The molecule has 0 amide bonds. The predicted octanol–water partition coefficient (Wildman–Crippen LogP) is 4.06. The van der Waals surface area contributed by atoms with E-state index in [-0.39, 0.29) is 6.10 Å². The van der Waals surface area contributed by atoms with E-state index in [1.54, 1.807) is 0 Å². The van der Waals surface area contributed by atoms with Gasteiger partial charge < -0.3 is 5.11 Å². The van der Waals surface area contributed by atoms with Gasteiger partial charge in [0.1, 0.15) is 0 Å². The Labute approximate surface area is 94.6 Å². The SMILES string of the molecule is CCCCC(CC)C(O)C1=CCCCC1. The van der Waals surface area contributed by atoms with Gasteiger partial charge >= 0.3 is 0 Å². The topological polar surface area (TPSA) is 20.2 Å². The lowest BCUT2D eigenvalue weighted by Crippen LogP contribution is -2.23. The lowest BCUT2D eigenvalue weighted by atomic mass is 9.84. The Morgan fingerprint density at radius 3 is 2.67 bits per heavy atom. The van der Waals surface area contributed by atoms with Gasteiger partial charge in [-0.05, 0) is 43.6 Å². The Bertz CT molecular complexity index is 196. The van der Waals surface area contributed by atoms with Crippen molar-refractivity contribution in [1.82, 2.24) is 0 Å². The average Bonchev–Trinajstić information content (AvgIpc) is 2.31. The van der Waals surface area contributed by atoms with Crippen LogP contribution in [-0.4, -0.2) is 11.2 Å². The van der Waals surface area contributed by atoms with Crippen LogP contribution in [0.1, 0.15) is 65.2 Å². The first kappa shape index (κ1) is 12.8. The molecular weight excluding hydrogens is 184 g/mol. The van der Waals surface area contributed by atoms with Crippen molar-refractivity contribution in [3.63, 3.8) is 0 Å². The van der Waals surface area contributed by atoms with Gasteiger partial charge in [0.25, 0.3) is 0 Å². The number of hydrogen-bond acceptors (Lipinski definition) is 1. The fourth-order valence-corrected chi connectivity index (χ4v) is 2.49. The van der Waals surface area contributed by atoms with Crippen LogP contribution in [0.3, 0.4) is 0 Å². The number of aliphatic hydroxyl groups excluding tert-OH is 1. The van der Waals surface area contributed by atoms with Crippen LogP contribution in [-0.2, 0) is 0 Å². The zero-order valence-corrected chi connectivity index (χ0v) is 10.3. The van der Waals surface area contributed by atoms with Crippen LogP contribution in [0.2, 0.25) is 0 Å². The van der Waals surface area contributed by atoms with Crippen molar-refractivity contribution >= 4 is 0 Å². The van der Waals surface area contributed by atoms with E-state index < -0.39 is 0 Å². The van der Waals surface area contributed by atoms with E-state index in [4.69, 9.17) is 0 Å². The summed E-state index contributed by atoms with van der Waals surface area (Å²) in [5, 5.41) is 10.3. The summed E-state index contributed by atoms with van der Waals surface area (Å²) in [6.45, 7) is 4.42. The molecule has 15 heavy (non-hydrogen) atoms. The van der Waals surface area contributed by atoms with E-state index in [0.717, 1.165) is 12.8 Å². The third-order valence-corrected chi connectivity index (χ3v) is 3.61. The summed E-state index contributed by atoms with van der Waals surface area (Å²) in [4.78, 5) is 0. The highest BCUT2D eigenvalue weighted by Crippen LogP contribution is 2.28. The molecule has 0 aromatic heterocycles. The third kappa shape index (κ3) is 3.98. The maximum absolute atomic E-state index is 10.3. The van der Waals surface area contributed by atoms with Crippen molar-refractivity contribution in [1.29, 1.82) is 0 Å². The van der Waals surface area contributed by atoms with Crippen molar-refractivity contribution in [2.45, 2.75) is 71.3 Å². The predicted molar refractivity (Wildman–Crippen MR) is 65.9 cm³/mol. The standard InChI is InChI=1S/C14H26O/c1-3-5-9-12(4-2)14(15)13-10-7-6-8-11-13/h10,12,14-15H,3-9,11H2,1-2H3. The monoisotopic (exact) mass is 210 g/mol. The molecule has 0 radical (unpaired) electrons. The molecule has 0 aliphatic heterocycles. The first-order valence-electron chi connectivity index (χ1n) is 6.66. The van der Waals surface area contributed by atoms with Gasteiger partial charge in [-0.2, -0.15) is 0 Å². The Morgan fingerprint density at radius 2 is 2.13 bits per heavy atom. The van der Waals surface area contributed by atoms with Crippen molar-refractivity contribution in [3.05, 3.63) is 11.6 Å². The summed E-state index contributed by atoms with van der Waals surface area (Å²) in [6, 6.07) is 0. The highest BCUT2D eigenvalue weighted by Gasteiger charge is 2.21. The third-order valence-electron chi connectivity index (χ3n) is 3.61. The van der Waals surface area contributed by atoms with Gasteiger partial charge in [-0.25, -0.2) is 0 Å². The second-order valence-electron chi connectivity index (χ2n) is 4.78. The van der Waals surface area contributed by atoms with Crippen molar-refractivity contribution in [2.24, 2.45) is 5.92 Å². The van der Waals surface area contributed by atoms with E-state index in [1.165, 1.54) is 44.1 Å². The van der Waals surface area contributed by atoms with Crippen LogP contribution in [0.15, 0.2) is 11.6 Å². The van der Waals surface area contributed by atoms with Gasteiger partial charge in [-0.3, -0.25) is 0 Å². The Hall–Kier alpha value is -0.300. The molecule has 0 fully saturated rings. The first-order valence-corrected chi connectivity index (χ1v) is 6.66. The van der Waals surface area contributed by atoms with Crippen LogP contribution >= 0.6 is 0 Å². The number of hydrogen-bond donors (Lipinski definition) is 1. The second-order valence-corrected chi connectivity index (χ2v) is 4.78. The van der Waals surface area contributed by atoms with Crippen LogP contribution in [0.5, 0.6) is 0 Å². The molecule has 2 unspecified atom stereocenters. The molecule has 0 saturated heterocycles. The average molecular weight is 210 g/mol. The molecule has 1 aliphatic carbocycles. The van der Waals surface area contributed by atoms with Gasteiger partial charge in [0.2, 0.25) is 0 Å². The minimum absolute atomic E-state index is 0.151. The molecule has 2 atom stereocenters. The highest BCUT2D eigenvalue weighted by molar-refractivity contribution is 5.11. The molecule has 0 aromatic carbocycles. The normalized spacial score (nSPS) is 20.9. The van der Waals surface area contributed by atoms with E-state index in [0.29, 0.717) is 5.92 Å². The largest absolute Gasteiger partial charge is 0.388 e. The molecule has 1 rings (SSSR count). The zero-order chi connectivity index (χ0) is 11.1. The van der Waals surface area contributed by atoms with Crippen molar-refractivity contribution < 1.29 is 5.11 Å². The molecule has 0 aromatic rings. The lowest BCUT2D eigenvalue weighted by Gasteiger charge is -2.26. The summed E-state index contributed by atoms with van der Waals surface area (Å²) in [5.41, 5.74) is 1.32. The van der Waals surface area contributed by atoms with Crippen LogP contribution < -0.4 is 0 Å². The first-order chi connectivity index (χ1) is 7.29. The molecule has 0 heterocycles. The zero-order valence-electron chi connectivity index (χ0n) is 10.3. The number of aliphatic hydroxyl groups is 1. The molecular formula is C14H26O. The summed E-state index contributed by atoms with van der Waals surface area (Å²) in [6.07, 6.45) is 11.8. The van der Waals surface area contributed by atoms with Gasteiger partial charge in [0.15, 0.2) is 0 Å². The van der Waals surface area contributed by atoms with E-state index in [2.05, 4.69) is 19.9 Å². The summed E-state index contributed by atoms with van der Waals surface area (Å²) in [7, 11) is 0. The Balaban J connectivity index is 2.47. The minimum Gasteiger partial charge on any atom is -0.388 e. The summed E-state index contributed by atoms with van der Waals surface area (Å²) in [5.74, 6) is 0.495. The van der Waals surface area contributed by atoms with Crippen molar-refractivity contribution in [3.8, 4) is 0 Å². The van der Waals surface area contributed by atoms with Crippen LogP contribution in [0.25, 0.3) is 0 Å². The van der Waals surface area contributed by atoms with E-state index >= 15 is 0 Å².